The van der Waals surface area contributed by atoms with Crippen LogP contribution in [-0.2, 0) is 20.9 Å². The first-order valence-corrected chi connectivity index (χ1v) is 12.9. The number of carbonyl (C=O) groups excluding carboxylic acids is 2. The van der Waals surface area contributed by atoms with E-state index >= 15 is 0 Å². The topological polar surface area (TPSA) is 97.4 Å². The van der Waals surface area contributed by atoms with Crippen LogP contribution in [0.25, 0.3) is 11.7 Å². The van der Waals surface area contributed by atoms with E-state index < -0.39 is 0 Å². The number of aromatic nitrogens is 2. The lowest BCUT2D eigenvalue weighted by atomic mass is 9.96. The van der Waals surface area contributed by atoms with Gasteiger partial charge in [0.15, 0.2) is 0 Å². The summed E-state index contributed by atoms with van der Waals surface area (Å²) in [5, 5.41) is 0. The molecule has 0 saturated carbocycles. The molecule has 11 heteroatoms. The Bertz CT molecular complexity index is 1410. The molecule has 0 radical (unpaired) electrons. The van der Waals surface area contributed by atoms with Crippen LogP contribution in [0.3, 0.4) is 0 Å². The molecule has 186 valence electrons. The van der Waals surface area contributed by atoms with Gasteiger partial charge in [0.25, 0.3) is 11.5 Å². The third-order valence-corrected chi connectivity index (χ3v) is 7.58. The number of ether oxygens (including phenoxy) is 1. The molecule has 5 rings (SSSR count). The summed E-state index contributed by atoms with van der Waals surface area (Å²) in [5.41, 5.74) is 0.540. The summed E-state index contributed by atoms with van der Waals surface area (Å²) >= 11 is 6.59. The van der Waals surface area contributed by atoms with Crippen LogP contribution in [0.15, 0.2) is 56.9 Å². The number of thiocarbonyl (C=S) groups is 1. The number of hydrogen-bond acceptors (Lipinski definition) is 9. The molecule has 5 heterocycles. The number of rotatable bonds is 6. The Morgan fingerprint density at radius 3 is 2.78 bits per heavy atom. The van der Waals surface area contributed by atoms with Crippen LogP contribution in [0.1, 0.15) is 31.1 Å². The van der Waals surface area contributed by atoms with Gasteiger partial charge in [-0.15, -0.1) is 0 Å². The van der Waals surface area contributed by atoms with Crippen molar-refractivity contribution in [3.05, 3.63) is 69.4 Å². The Balaban J connectivity index is 1.49. The summed E-state index contributed by atoms with van der Waals surface area (Å²) in [6.45, 7) is 3.45. The Morgan fingerprint density at radius 2 is 2.06 bits per heavy atom. The molecule has 3 aromatic heterocycles. The lowest BCUT2D eigenvalue weighted by molar-refractivity contribution is -0.148. The summed E-state index contributed by atoms with van der Waals surface area (Å²) in [5.74, 6) is 0.453. The van der Waals surface area contributed by atoms with Crippen molar-refractivity contribution in [2.24, 2.45) is 5.92 Å². The van der Waals surface area contributed by atoms with E-state index in [0.717, 1.165) is 11.8 Å². The van der Waals surface area contributed by atoms with Gasteiger partial charge in [-0.2, -0.15) is 0 Å². The van der Waals surface area contributed by atoms with Crippen molar-refractivity contribution >= 4 is 57.7 Å². The standard InChI is InChI=1S/C25H24N4O5S2/c1-2-33-24(32)16-8-11-27(12-9-16)21-18(22(30)28-10-4-3-7-20(28)26-21)14-19-23(31)29(25(35)36-19)15-17-6-5-13-34-17/h3-7,10,13-14,16H,2,8-9,11-12,15H2,1H3/b19-14-. The lowest BCUT2D eigenvalue weighted by Crippen LogP contribution is -2.39. The normalized spacial score (nSPS) is 18.0. The second-order valence-electron chi connectivity index (χ2n) is 8.44. The largest absolute Gasteiger partial charge is 0.467 e. The molecule has 1 amide bonds. The highest BCUT2D eigenvalue weighted by Gasteiger charge is 2.34. The van der Waals surface area contributed by atoms with Crippen LogP contribution in [0.4, 0.5) is 5.82 Å². The van der Waals surface area contributed by atoms with Crippen molar-refractivity contribution in [1.82, 2.24) is 14.3 Å². The summed E-state index contributed by atoms with van der Waals surface area (Å²) in [6, 6.07) is 8.87. The average Bonchev–Trinajstić information content (AvgIpc) is 3.50. The molecule has 9 nitrogen and oxygen atoms in total. The zero-order valence-electron chi connectivity index (χ0n) is 19.6. The van der Waals surface area contributed by atoms with Crippen molar-refractivity contribution < 1.29 is 18.7 Å². The number of carbonyl (C=O) groups is 2. The number of piperidine rings is 1. The minimum absolute atomic E-state index is 0.177. The molecule has 0 aromatic carbocycles. The van der Waals surface area contributed by atoms with Gasteiger partial charge in [0.2, 0.25) is 0 Å². The second-order valence-corrected chi connectivity index (χ2v) is 10.1. The monoisotopic (exact) mass is 524 g/mol. The maximum Gasteiger partial charge on any atom is 0.309 e. The van der Waals surface area contributed by atoms with Crippen molar-refractivity contribution in [1.29, 1.82) is 0 Å². The number of thioether (sulfide) groups is 1. The molecule has 0 aliphatic carbocycles. The molecule has 3 aromatic rings. The van der Waals surface area contributed by atoms with Gasteiger partial charge in [0, 0.05) is 19.3 Å². The van der Waals surface area contributed by atoms with Crippen molar-refractivity contribution in [2.75, 3.05) is 24.6 Å². The third kappa shape index (κ3) is 4.68. The second kappa shape index (κ2) is 10.3. The van der Waals surface area contributed by atoms with E-state index in [0.29, 0.717) is 64.6 Å². The van der Waals surface area contributed by atoms with Crippen molar-refractivity contribution in [3.8, 4) is 0 Å². The maximum atomic E-state index is 13.6. The van der Waals surface area contributed by atoms with E-state index in [4.69, 9.17) is 26.4 Å². The molecule has 36 heavy (non-hydrogen) atoms. The number of hydrogen-bond donors (Lipinski definition) is 0. The molecule has 0 N–H and O–H groups in total. The number of pyridine rings is 1. The molecule has 2 fully saturated rings. The highest BCUT2D eigenvalue weighted by molar-refractivity contribution is 8.26. The zero-order chi connectivity index (χ0) is 25.2. The quantitative estimate of drug-likeness (QED) is 0.273. The first-order chi connectivity index (χ1) is 17.5. The van der Waals surface area contributed by atoms with Crippen molar-refractivity contribution in [2.45, 2.75) is 26.3 Å². The molecule has 0 unspecified atom stereocenters. The Hall–Kier alpha value is -3.44. The molecule has 0 bridgehead atoms. The highest BCUT2D eigenvalue weighted by atomic mass is 32.2. The maximum absolute atomic E-state index is 13.6. The van der Waals surface area contributed by atoms with Crippen LogP contribution in [0.2, 0.25) is 0 Å². The van der Waals surface area contributed by atoms with Crippen LogP contribution < -0.4 is 10.5 Å². The van der Waals surface area contributed by atoms with Crippen LogP contribution in [0, 0.1) is 5.92 Å². The molecule has 2 aliphatic rings. The summed E-state index contributed by atoms with van der Waals surface area (Å²) in [6.07, 6.45) is 5.98. The lowest BCUT2D eigenvalue weighted by Gasteiger charge is -2.32. The van der Waals surface area contributed by atoms with Crippen LogP contribution in [0.5, 0.6) is 0 Å². The number of nitrogens with zero attached hydrogens (tertiary/aromatic N) is 4. The van der Waals surface area contributed by atoms with E-state index in [2.05, 4.69) is 0 Å². The van der Waals surface area contributed by atoms with E-state index in [9.17, 15) is 14.4 Å². The van der Waals surface area contributed by atoms with E-state index in [1.807, 2.05) is 11.0 Å². The summed E-state index contributed by atoms with van der Waals surface area (Å²) in [4.78, 5) is 47.5. The molecular weight excluding hydrogens is 500 g/mol. The summed E-state index contributed by atoms with van der Waals surface area (Å²) in [7, 11) is 0. The highest BCUT2D eigenvalue weighted by Crippen LogP contribution is 2.35. The average molecular weight is 525 g/mol. The molecule has 0 atom stereocenters. The Kier molecular flexibility index (Phi) is 6.92. The van der Waals surface area contributed by atoms with Gasteiger partial charge in [-0.3, -0.25) is 23.7 Å². The number of amides is 1. The number of esters is 1. The van der Waals surface area contributed by atoms with E-state index in [-0.39, 0.29) is 29.9 Å². The predicted octanol–water partition coefficient (Wildman–Crippen LogP) is 3.47. The molecule has 2 aliphatic heterocycles. The number of anilines is 1. The molecular formula is C25H24N4O5S2. The fourth-order valence-electron chi connectivity index (χ4n) is 4.37. The van der Waals surface area contributed by atoms with Gasteiger partial charge < -0.3 is 14.1 Å². The van der Waals surface area contributed by atoms with E-state index in [1.165, 1.54) is 9.30 Å². The van der Waals surface area contributed by atoms with Gasteiger partial charge in [0.1, 0.15) is 21.5 Å². The zero-order valence-corrected chi connectivity index (χ0v) is 21.2. The van der Waals surface area contributed by atoms with Gasteiger partial charge in [-0.1, -0.05) is 30.0 Å². The molecule has 2 saturated heterocycles. The van der Waals surface area contributed by atoms with Crippen LogP contribution >= 0.6 is 24.0 Å². The smallest absolute Gasteiger partial charge is 0.309 e. The SMILES string of the molecule is CCOC(=O)C1CCN(c2nc3ccccn3c(=O)c2/C=C2\SC(=S)N(Cc3ccco3)C2=O)CC1. The van der Waals surface area contributed by atoms with Gasteiger partial charge in [-0.05, 0) is 50.1 Å². The van der Waals surface area contributed by atoms with E-state index in [1.54, 1.807) is 49.7 Å². The fraction of sp³-hybridized carbons (Fsp3) is 0.320. The first-order valence-electron chi connectivity index (χ1n) is 11.7. The van der Waals surface area contributed by atoms with Crippen LogP contribution in [-0.4, -0.2) is 50.2 Å². The van der Waals surface area contributed by atoms with Gasteiger partial charge in [-0.25, -0.2) is 4.98 Å². The number of fused-ring (bicyclic) bond motifs is 1. The van der Waals surface area contributed by atoms with Gasteiger partial charge in [0.05, 0.1) is 35.8 Å². The minimum Gasteiger partial charge on any atom is -0.467 e. The fourth-order valence-corrected chi connectivity index (χ4v) is 5.61. The predicted molar refractivity (Wildman–Crippen MR) is 140 cm³/mol. The Morgan fingerprint density at radius 1 is 1.25 bits per heavy atom. The molecule has 0 spiro atoms. The summed E-state index contributed by atoms with van der Waals surface area (Å²) < 4.78 is 12.4. The first kappa shape index (κ1) is 24.3. The number of furan rings is 1. The van der Waals surface area contributed by atoms with Gasteiger partial charge >= 0.3 is 5.97 Å². The Labute approximate surface area is 216 Å². The third-order valence-electron chi connectivity index (χ3n) is 6.21. The van der Waals surface area contributed by atoms with Crippen molar-refractivity contribution in [3.63, 3.8) is 0 Å². The minimum atomic E-state index is -0.286.